The Bertz CT molecular complexity index is 833. The lowest BCUT2D eigenvalue weighted by molar-refractivity contribution is -0.0598. The Balaban J connectivity index is 2.14. The van der Waals surface area contributed by atoms with Crippen LogP contribution in [0.1, 0.15) is 55.2 Å². The molecule has 1 unspecified atom stereocenters. The normalized spacial score (nSPS) is 19.6. The predicted molar refractivity (Wildman–Crippen MR) is 93.7 cm³/mol. The van der Waals surface area contributed by atoms with E-state index in [1.165, 1.54) is 0 Å². The number of nitrogen functional groups attached to an aromatic ring is 1. The lowest BCUT2D eigenvalue weighted by Gasteiger charge is -2.36. The highest BCUT2D eigenvalue weighted by molar-refractivity contribution is 5.76. The van der Waals surface area contributed by atoms with Gasteiger partial charge in [0.25, 0.3) is 0 Å². The fraction of sp³-hybridized carbons (Fsp3) is 0.474. The first-order valence-corrected chi connectivity index (χ1v) is 8.40. The Morgan fingerprint density at radius 2 is 2.20 bits per heavy atom. The number of rotatable bonds is 3. The molecule has 25 heavy (non-hydrogen) atoms. The Hall–Kier alpha value is -2.36. The molecule has 3 rings (SSSR count). The number of pyridine rings is 1. The molecule has 3 heterocycles. The molecule has 3 N–H and O–H groups in total. The van der Waals surface area contributed by atoms with Gasteiger partial charge in [0.1, 0.15) is 35.6 Å². The fourth-order valence-corrected chi connectivity index (χ4v) is 3.59. The van der Waals surface area contributed by atoms with E-state index in [1.807, 2.05) is 6.92 Å². The Morgan fingerprint density at radius 1 is 1.44 bits per heavy atom. The van der Waals surface area contributed by atoms with Crippen molar-refractivity contribution in [3.63, 3.8) is 0 Å². The predicted octanol–water partition coefficient (Wildman–Crippen LogP) is 3.27. The second-order valence-electron chi connectivity index (χ2n) is 7.09. The van der Waals surface area contributed by atoms with Crippen molar-refractivity contribution in [2.45, 2.75) is 51.7 Å². The van der Waals surface area contributed by atoms with Crippen LogP contribution in [-0.4, -0.2) is 22.3 Å². The quantitative estimate of drug-likeness (QED) is 0.887. The van der Waals surface area contributed by atoms with Gasteiger partial charge in [-0.3, -0.25) is 0 Å². The number of nitrogens with two attached hydrogens (primary N) is 1. The van der Waals surface area contributed by atoms with Crippen molar-refractivity contribution in [1.29, 1.82) is 5.26 Å². The molecule has 1 aliphatic heterocycles. The van der Waals surface area contributed by atoms with Crippen molar-refractivity contribution in [3.05, 3.63) is 34.7 Å². The second-order valence-corrected chi connectivity index (χ2v) is 7.09. The molecular formula is C19H23N3O3. The molecular weight excluding hydrogens is 318 g/mol. The summed E-state index contributed by atoms with van der Waals surface area (Å²) in [6.45, 7) is 6.57. The minimum absolute atomic E-state index is 0.192. The van der Waals surface area contributed by atoms with Crippen LogP contribution in [0.5, 0.6) is 0 Å². The highest BCUT2D eigenvalue weighted by Gasteiger charge is 2.33. The molecule has 0 aromatic carbocycles. The molecule has 1 fully saturated rings. The summed E-state index contributed by atoms with van der Waals surface area (Å²) < 4.78 is 11.5. The van der Waals surface area contributed by atoms with Crippen LogP contribution in [0.25, 0.3) is 11.3 Å². The van der Waals surface area contributed by atoms with Crippen LogP contribution in [0.4, 0.5) is 5.82 Å². The molecule has 0 amide bonds. The number of hydrogen-bond acceptors (Lipinski definition) is 6. The smallest absolute Gasteiger partial charge is 0.142 e. The van der Waals surface area contributed by atoms with Crippen molar-refractivity contribution in [3.8, 4) is 17.4 Å². The van der Waals surface area contributed by atoms with Crippen LogP contribution in [-0.2, 0) is 11.3 Å². The SMILES string of the molecule is Cc1c(C2CCOC(C)(C)C2)nc(N)c(C#N)c1-c1ccc(CO)o1. The average molecular weight is 341 g/mol. The number of aliphatic hydroxyl groups excluding tert-OH is 1. The van der Waals surface area contributed by atoms with E-state index in [-0.39, 0.29) is 23.9 Å². The zero-order chi connectivity index (χ0) is 18.2. The lowest BCUT2D eigenvalue weighted by atomic mass is 9.83. The van der Waals surface area contributed by atoms with E-state index < -0.39 is 0 Å². The number of hydrogen-bond donors (Lipinski definition) is 2. The highest BCUT2D eigenvalue weighted by Crippen LogP contribution is 2.40. The summed E-state index contributed by atoms with van der Waals surface area (Å²) in [5.74, 6) is 1.40. The molecule has 2 aromatic heterocycles. The van der Waals surface area contributed by atoms with Crippen molar-refractivity contribution in [2.75, 3.05) is 12.3 Å². The van der Waals surface area contributed by atoms with Crippen molar-refractivity contribution >= 4 is 5.82 Å². The summed E-state index contributed by atoms with van der Waals surface area (Å²) in [5, 5.41) is 18.8. The Kier molecular flexibility index (Phi) is 4.55. The van der Waals surface area contributed by atoms with Gasteiger partial charge in [-0.15, -0.1) is 0 Å². The minimum Gasteiger partial charge on any atom is -0.459 e. The van der Waals surface area contributed by atoms with Gasteiger partial charge in [0.15, 0.2) is 0 Å². The van der Waals surface area contributed by atoms with Crippen molar-refractivity contribution in [1.82, 2.24) is 4.98 Å². The number of ether oxygens (including phenoxy) is 1. The molecule has 2 aromatic rings. The third-order valence-electron chi connectivity index (χ3n) is 4.77. The molecule has 0 bridgehead atoms. The van der Waals surface area contributed by atoms with E-state index in [2.05, 4.69) is 24.9 Å². The first-order chi connectivity index (χ1) is 11.9. The number of nitrogens with zero attached hydrogens (tertiary/aromatic N) is 2. The van der Waals surface area contributed by atoms with Crippen LogP contribution < -0.4 is 5.73 Å². The largest absolute Gasteiger partial charge is 0.459 e. The van der Waals surface area contributed by atoms with Gasteiger partial charge >= 0.3 is 0 Å². The molecule has 0 radical (unpaired) electrons. The van der Waals surface area contributed by atoms with E-state index >= 15 is 0 Å². The van der Waals surface area contributed by atoms with Crippen LogP contribution >= 0.6 is 0 Å². The number of aromatic nitrogens is 1. The first kappa shape index (κ1) is 17.5. The van der Waals surface area contributed by atoms with Crippen molar-refractivity contribution < 1.29 is 14.3 Å². The summed E-state index contributed by atoms with van der Waals surface area (Å²) in [6, 6.07) is 5.60. The Morgan fingerprint density at radius 3 is 2.80 bits per heavy atom. The molecule has 0 saturated carbocycles. The van der Waals surface area contributed by atoms with Gasteiger partial charge in [0, 0.05) is 23.8 Å². The number of aliphatic hydroxyl groups is 1. The third kappa shape index (κ3) is 3.26. The summed E-state index contributed by atoms with van der Waals surface area (Å²) in [5.41, 5.74) is 8.64. The van der Waals surface area contributed by atoms with Crippen LogP contribution in [0.2, 0.25) is 0 Å². The average Bonchev–Trinajstić information content (AvgIpc) is 3.03. The van der Waals surface area contributed by atoms with E-state index in [0.717, 1.165) is 24.1 Å². The molecule has 1 atom stereocenters. The summed E-state index contributed by atoms with van der Waals surface area (Å²) >= 11 is 0. The number of nitriles is 1. The number of furan rings is 1. The second kappa shape index (κ2) is 6.51. The van der Waals surface area contributed by atoms with Gasteiger partial charge in [-0.25, -0.2) is 4.98 Å². The third-order valence-corrected chi connectivity index (χ3v) is 4.77. The minimum atomic E-state index is -0.214. The highest BCUT2D eigenvalue weighted by atomic mass is 16.5. The molecule has 1 saturated heterocycles. The number of anilines is 1. The maximum atomic E-state index is 9.55. The van der Waals surface area contributed by atoms with Crippen molar-refractivity contribution in [2.24, 2.45) is 0 Å². The van der Waals surface area contributed by atoms with Crippen LogP contribution in [0.15, 0.2) is 16.5 Å². The standard InChI is InChI=1S/C19H23N3O3/c1-11-16(15-5-4-13(10-23)25-15)14(9-20)18(21)22-17(11)12-6-7-24-19(2,3)8-12/h4-5,12,23H,6-8,10H2,1-3H3,(H2,21,22). The molecule has 132 valence electrons. The molecule has 0 spiro atoms. The molecule has 6 nitrogen and oxygen atoms in total. The maximum Gasteiger partial charge on any atom is 0.142 e. The van der Waals surface area contributed by atoms with E-state index in [4.69, 9.17) is 14.9 Å². The van der Waals surface area contributed by atoms with Gasteiger partial charge < -0.3 is 20.0 Å². The topological polar surface area (TPSA) is 105 Å². The van der Waals surface area contributed by atoms with Gasteiger partial charge in [0.2, 0.25) is 0 Å². The fourth-order valence-electron chi connectivity index (χ4n) is 3.59. The van der Waals surface area contributed by atoms with Gasteiger partial charge in [0.05, 0.1) is 5.60 Å². The monoisotopic (exact) mass is 341 g/mol. The van der Waals surface area contributed by atoms with E-state index in [0.29, 0.717) is 29.3 Å². The lowest BCUT2D eigenvalue weighted by Crippen LogP contribution is -2.33. The summed E-state index contributed by atoms with van der Waals surface area (Å²) in [7, 11) is 0. The summed E-state index contributed by atoms with van der Waals surface area (Å²) in [6.07, 6.45) is 1.70. The maximum absolute atomic E-state index is 9.55. The molecule has 0 aliphatic carbocycles. The summed E-state index contributed by atoms with van der Waals surface area (Å²) in [4.78, 5) is 4.55. The van der Waals surface area contributed by atoms with Crippen LogP contribution in [0, 0.1) is 18.3 Å². The van der Waals surface area contributed by atoms with Gasteiger partial charge in [-0.05, 0) is 51.3 Å². The van der Waals surface area contributed by atoms with Gasteiger partial charge in [-0.1, -0.05) is 0 Å². The molecule has 6 heteroatoms. The zero-order valence-corrected chi connectivity index (χ0v) is 14.8. The Labute approximate surface area is 147 Å². The molecule has 1 aliphatic rings. The van der Waals surface area contributed by atoms with Gasteiger partial charge in [-0.2, -0.15) is 5.26 Å². The van der Waals surface area contributed by atoms with Crippen LogP contribution in [0.3, 0.4) is 0 Å². The van der Waals surface area contributed by atoms with E-state index in [1.54, 1.807) is 12.1 Å². The zero-order valence-electron chi connectivity index (χ0n) is 14.8. The van der Waals surface area contributed by atoms with E-state index in [9.17, 15) is 10.4 Å². The first-order valence-electron chi connectivity index (χ1n) is 8.40.